The highest BCUT2D eigenvalue weighted by Gasteiger charge is 2.00. The van der Waals surface area contributed by atoms with E-state index in [1.54, 1.807) is 17.3 Å². The van der Waals surface area contributed by atoms with Crippen molar-refractivity contribution in [1.82, 2.24) is 0 Å². The van der Waals surface area contributed by atoms with Gasteiger partial charge in [-0.25, -0.2) is 0 Å². The van der Waals surface area contributed by atoms with Gasteiger partial charge in [0, 0.05) is 18.7 Å². The van der Waals surface area contributed by atoms with Gasteiger partial charge >= 0.3 is 0 Å². The van der Waals surface area contributed by atoms with Crippen molar-refractivity contribution < 1.29 is 10.2 Å². The normalized spacial score (nSPS) is 10.7. The van der Waals surface area contributed by atoms with Crippen LogP contribution in [-0.2, 0) is 0 Å². The summed E-state index contributed by atoms with van der Waals surface area (Å²) < 4.78 is 0. The van der Waals surface area contributed by atoms with Gasteiger partial charge < -0.3 is 10.2 Å². The van der Waals surface area contributed by atoms with Gasteiger partial charge in [0.15, 0.2) is 0 Å². The molecule has 0 aliphatic rings. The lowest BCUT2D eigenvalue weighted by molar-refractivity contribution is 0.450. The highest BCUT2D eigenvalue weighted by atomic mass is 16.3. The quantitative estimate of drug-likeness (QED) is 0.642. The molecule has 0 aliphatic heterocycles. The molecule has 2 rings (SSSR count). The highest BCUT2D eigenvalue weighted by Crippen LogP contribution is 2.21. The Bertz CT molecular complexity index is 553. The summed E-state index contributed by atoms with van der Waals surface area (Å²) in [6.45, 7) is 0. The van der Waals surface area contributed by atoms with Crippen LogP contribution in [0.2, 0.25) is 0 Å². The van der Waals surface area contributed by atoms with Gasteiger partial charge in [-0.15, -0.1) is 0 Å². The predicted octanol–water partition coefficient (Wildman–Crippen LogP) is 2.57. The monoisotopic (exact) mass is 242 g/mol. The van der Waals surface area contributed by atoms with Gasteiger partial charge in [0.25, 0.3) is 0 Å². The van der Waals surface area contributed by atoms with Crippen LogP contribution in [0, 0.1) is 0 Å². The summed E-state index contributed by atoms with van der Waals surface area (Å²) in [6.07, 6.45) is 1.54. The summed E-state index contributed by atoms with van der Waals surface area (Å²) in [7, 11) is 1.82. The maximum absolute atomic E-state index is 9.61. The van der Waals surface area contributed by atoms with Crippen LogP contribution in [0.15, 0.2) is 53.6 Å². The zero-order chi connectivity index (χ0) is 13.0. The number of hydrazone groups is 1. The molecule has 0 saturated heterocycles. The molecule has 0 amide bonds. The van der Waals surface area contributed by atoms with E-state index >= 15 is 0 Å². The van der Waals surface area contributed by atoms with Crippen LogP contribution in [0.5, 0.6) is 11.5 Å². The number of para-hydroxylation sites is 1. The van der Waals surface area contributed by atoms with Crippen LogP contribution in [0.4, 0.5) is 5.69 Å². The Morgan fingerprint density at radius 3 is 2.44 bits per heavy atom. The lowest BCUT2D eigenvalue weighted by Gasteiger charge is -2.12. The fourth-order valence-corrected chi connectivity index (χ4v) is 1.50. The molecule has 0 unspecified atom stereocenters. The van der Waals surface area contributed by atoms with Crippen molar-refractivity contribution in [2.24, 2.45) is 5.10 Å². The topological polar surface area (TPSA) is 56.1 Å². The van der Waals surface area contributed by atoms with Crippen molar-refractivity contribution in [3.05, 3.63) is 54.1 Å². The van der Waals surface area contributed by atoms with E-state index in [1.165, 1.54) is 12.1 Å². The standard InChI is InChI=1S/C14H14N2O2/c1-16(12-5-3-2-4-6-12)15-10-11-7-8-13(17)9-14(11)18/h2-10,17-18H,1H3/b15-10+. The van der Waals surface area contributed by atoms with Crippen LogP contribution < -0.4 is 5.01 Å². The molecule has 0 atom stereocenters. The summed E-state index contributed by atoms with van der Waals surface area (Å²) in [5.74, 6) is 0.0290. The van der Waals surface area contributed by atoms with Crippen molar-refractivity contribution in [3.63, 3.8) is 0 Å². The van der Waals surface area contributed by atoms with Gasteiger partial charge in [-0.3, -0.25) is 5.01 Å². The second-order valence-corrected chi connectivity index (χ2v) is 3.85. The third kappa shape index (κ3) is 2.79. The van der Waals surface area contributed by atoms with Crippen molar-refractivity contribution >= 4 is 11.9 Å². The predicted molar refractivity (Wildman–Crippen MR) is 72.2 cm³/mol. The SMILES string of the molecule is CN(/N=C/c1ccc(O)cc1O)c1ccccc1. The minimum atomic E-state index is 0.000196. The molecule has 0 saturated carbocycles. The van der Waals surface area contributed by atoms with E-state index in [0.29, 0.717) is 5.56 Å². The molecule has 4 heteroatoms. The lowest BCUT2D eigenvalue weighted by atomic mass is 10.2. The molecule has 0 heterocycles. The second kappa shape index (κ2) is 5.23. The smallest absolute Gasteiger partial charge is 0.128 e. The molecule has 18 heavy (non-hydrogen) atoms. The number of aromatic hydroxyl groups is 2. The molecule has 0 radical (unpaired) electrons. The van der Waals surface area contributed by atoms with Gasteiger partial charge in [-0.2, -0.15) is 5.10 Å². The third-order valence-electron chi connectivity index (χ3n) is 2.51. The maximum Gasteiger partial charge on any atom is 0.128 e. The Balaban J connectivity index is 2.16. The number of hydrogen-bond acceptors (Lipinski definition) is 4. The van der Waals surface area contributed by atoms with E-state index in [-0.39, 0.29) is 11.5 Å². The van der Waals surface area contributed by atoms with E-state index in [2.05, 4.69) is 5.10 Å². The number of anilines is 1. The second-order valence-electron chi connectivity index (χ2n) is 3.85. The first-order chi connectivity index (χ1) is 8.66. The minimum Gasteiger partial charge on any atom is -0.508 e. The molecule has 0 fully saturated rings. The van der Waals surface area contributed by atoms with Crippen LogP contribution in [-0.4, -0.2) is 23.5 Å². The Kier molecular flexibility index (Phi) is 3.48. The number of hydrogen-bond donors (Lipinski definition) is 2. The molecule has 2 aromatic carbocycles. The molecule has 2 N–H and O–H groups in total. The summed E-state index contributed by atoms with van der Waals surface area (Å²) in [5, 5.41) is 24.7. The van der Waals surface area contributed by atoms with E-state index in [0.717, 1.165) is 5.69 Å². The molecular weight excluding hydrogens is 228 g/mol. The molecule has 92 valence electrons. The van der Waals surface area contributed by atoms with Gasteiger partial charge in [0.05, 0.1) is 11.9 Å². The molecule has 0 spiro atoms. The van der Waals surface area contributed by atoms with E-state index < -0.39 is 0 Å². The number of nitrogens with zero attached hydrogens (tertiary/aromatic N) is 2. The Labute approximate surface area is 105 Å². The summed E-state index contributed by atoms with van der Waals surface area (Å²) >= 11 is 0. The van der Waals surface area contributed by atoms with Gasteiger partial charge in [0.1, 0.15) is 11.5 Å². The Morgan fingerprint density at radius 2 is 1.78 bits per heavy atom. The minimum absolute atomic E-state index is 0.000196. The van der Waals surface area contributed by atoms with Crippen molar-refractivity contribution in [2.45, 2.75) is 0 Å². The first-order valence-electron chi connectivity index (χ1n) is 5.51. The highest BCUT2D eigenvalue weighted by molar-refractivity contribution is 5.84. The average Bonchev–Trinajstić information content (AvgIpc) is 2.38. The first-order valence-corrected chi connectivity index (χ1v) is 5.51. The van der Waals surface area contributed by atoms with Gasteiger partial charge in [-0.05, 0) is 24.3 Å². The zero-order valence-electron chi connectivity index (χ0n) is 9.99. The Morgan fingerprint density at radius 1 is 1.06 bits per heavy atom. The van der Waals surface area contributed by atoms with Crippen molar-refractivity contribution in [1.29, 1.82) is 0 Å². The molecular formula is C14H14N2O2. The first kappa shape index (κ1) is 12.0. The zero-order valence-corrected chi connectivity index (χ0v) is 9.99. The number of phenols is 2. The van der Waals surface area contributed by atoms with E-state index in [1.807, 2.05) is 37.4 Å². The summed E-state index contributed by atoms with van der Waals surface area (Å²) in [4.78, 5) is 0. The third-order valence-corrected chi connectivity index (χ3v) is 2.51. The Hall–Kier alpha value is -2.49. The molecule has 0 aliphatic carbocycles. The maximum atomic E-state index is 9.61. The van der Waals surface area contributed by atoms with Crippen molar-refractivity contribution in [3.8, 4) is 11.5 Å². The lowest BCUT2D eigenvalue weighted by Crippen LogP contribution is -2.08. The summed E-state index contributed by atoms with van der Waals surface area (Å²) in [6, 6.07) is 14.1. The van der Waals surface area contributed by atoms with Crippen molar-refractivity contribution in [2.75, 3.05) is 12.1 Å². The molecule has 0 bridgehead atoms. The van der Waals surface area contributed by atoms with E-state index in [9.17, 15) is 10.2 Å². The van der Waals surface area contributed by atoms with Gasteiger partial charge in [-0.1, -0.05) is 18.2 Å². The molecule has 2 aromatic rings. The van der Waals surface area contributed by atoms with Crippen LogP contribution >= 0.6 is 0 Å². The molecule has 0 aromatic heterocycles. The number of phenolic OH excluding ortho intramolecular Hbond substituents is 2. The van der Waals surface area contributed by atoms with Gasteiger partial charge in [0.2, 0.25) is 0 Å². The average molecular weight is 242 g/mol. The molecule has 4 nitrogen and oxygen atoms in total. The fourth-order valence-electron chi connectivity index (χ4n) is 1.50. The largest absolute Gasteiger partial charge is 0.508 e. The fraction of sp³-hybridized carbons (Fsp3) is 0.0714. The van der Waals surface area contributed by atoms with Crippen LogP contribution in [0.1, 0.15) is 5.56 Å². The van der Waals surface area contributed by atoms with E-state index in [4.69, 9.17) is 0 Å². The number of benzene rings is 2. The summed E-state index contributed by atoms with van der Waals surface area (Å²) in [5.41, 5.74) is 1.50. The van der Waals surface area contributed by atoms with Crippen LogP contribution in [0.25, 0.3) is 0 Å². The number of rotatable bonds is 3. The van der Waals surface area contributed by atoms with Crippen LogP contribution in [0.3, 0.4) is 0 Å².